The van der Waals surface area contributed by atoms with E-state index in [9.17, 15) is 18.0 Å². The number of alkyl halides is 3. The minimum absolute atomic E-state index is 0.0410. The fourth-order valence-corrected chi connectivity index (χ4v) is 1.94. The molecule has 0 bridgehead atoms. The molecular formula is C12H15F3N6O. The normalized spacial score (nSPS) is 13.1. The molecule has 0 aliphatic heterocycles. The number of aryl methyl sites for hydroxylation is 1. The molecule has 0 aromatic carbocycles. The van der Waals surface area contributed by atoms with Crippen LogP contribution in [0.4, 0.5) is 13.2 Å². The van der Waals surface area contributed by atoms with Crippen molar-refractivity contribution in [1.82, 2.24) is 30.3 Å². The monoisotopic (exact) mass is 316 g/mol. The molecule has 0 aliphatic carbocycles. The maximum atomic E-state index is 12.9. The van der Waals surface area contributed by atoms with Crippen LogP contribution in [0.2, 0.25) is 0 Å². The van der Waals surface area contributed by atoms with Crippen molar-refractivity contribution in [3.8, 4) is 0 Å². The van der Waals surface area contributed by atoms with Crippen molar-refractivity contribution in [3.63, 3.8) is 0 Å². The largest absolute Gasteiger partial charge is 0.433 e. The first-order chi connectivity index (χ1) is 10.3. The summed E-state index contributed by atoms with van der Waals surface area (Å²) in [4.78, 5) is 15.3. The second-order valence-electron chi connectivity index (χ2n) is 5.00. The maximum absolute atomic E-state index is 12.9. The fourth-order valence-electron chi connectivity index (χ4n) is 1.94. The summed E-state index contributed by atoms with van der Waals surface area (Å²) in [6, 6.07) is 1.000. The number of H-pyrrole nitrogens is 1. The third-order valence-corrected chi connectivity index (χ3v) is 2.92. The summed E-state index contributed by atoms with van der Waals surface area (Å²) in [5, 5.41) is 12.4. The van der Waals surface area contributed by atoms with Crippen molar-refractivity contribution < 1.29 is 18.0 Å². The van der Waals surface area contributed by atoms with Gasteiger partial charge in [0.15, 0.2) is 0 Å². The number of amides is 1. The molecule has 0 unspecified atom stereocenters. The second-order valence-corrected chi connectivity index (χ2v) is 5.00. The lowest BCUT2D eigenvalue weighted by Crippen LogP contribution is -2.31. The summed E-state index contributed by atoms with van der Waals surface area (Å²) in [5.74, 6) is -0.651. The van der Waals surface area contributed by atoms with Crippen LogP contribution in [0.15, 0.2) is 12.4 Å². The van der Waals surface area contributed by atoms with Gasteiger partial charge in [0, 0.05) is 13.1 Å². The van der Waals surface area contributed by atoms with Crippen LogP contribution in [0, 0.1) is 12.8 Å². The highest BCUT2D eigenvalue weighted by Gasteiger charge is 2.35. The average Bonchev–Trinajstić information content (AvgIpc) is 3.04. The van der Waals surface area contributed by atoms with Crippen molar-refractivity contribution in [3.05, 3.63) is 29.6 Å². The van der Waals surface area contributed by atoms with Crippen molar-refractivity contribution in [2.45, 2.75) is 26.6 Å². The Morgan fingerprint density at radius 2 is 2.23 bits per heavy atom. The van der Waals surface area contributed by atoms with E-state index in [2.05, 4.69) is 25.6 Å². The first-order valence-corrected chi connectivity index (χ1v) is 6.52. The topological polar surface area (TPSA) is 88.5 Å². The lowest BCUT2D eigenvalue weighted by atomic mass is 10.2. The molecule has 22 heavy (non-hydrogen) atoms. The van der Waals surface area contributed by atoms with Gasteiger partial charge in [0.05, 0.1) is 5.69 Å². The maximum Gasteiger partial charge on any atom is 0.433 e. The Morgan fingerprint density at radius 3 is 2.82 bits per heavy atom. The molecule has 120 valence electrons. The first-order valence-electron chi connectivity index (χ1n) is 6.52. The Balaban J connectivity index is 1.95. The number of hydrogen-bond donors (Lipinski definition) is 2. The number of nitrogens with zero attached hydrogens (tertiary/aromatic N) is 4. The first kappa shape index (κ1) is 16.0. The number of aromatic amines is 1. The van der Waals surface area contributed by atoms with E-state index in [4.69, 9.17) is 0 Å². The summed E-state index contributed by atoms with van der Waals surface area (Å²) >= 11 is 0. The molecule has 2 heterocycles. The van der Waals surface area contributed by atoms with Crippen LogP contribution in [0.3, 0.4) is 0 Å². The van der Waals surface area contributed by atoms with Crippen molar-refractivity contribution in [1.29, 1.82) is 0 Å². The summed E-state index contributed by atoms with van der Waals surface area (Å²) < 4.78 is 39.5. The Kier molecular flexibility index (Phi) is 4.48. The van der Waals surface area contributed by atoms with Gasteiger partial charge in [0.1, 0.15) is 12.0 Å². The predicted octanol–water partition coefficient (Wildman–Crippen LogP) is 1.39. The zero-order valence-corrected chi connectivity index (χ0v) is 12.0. The van der Waals surface area contributed by atoms with Gasteiger partial charge in [-0.05, 0) is 18.9 Å². The summed E-state index contributed by atoms with van der Waals surface area (Å²) in [7, 11) is 0. The molecule has 0 radical (unpaired) electrons. The van der Waals surface area contributed by atoms with Gasteiger partial charge in [0.25, 0.3) is 5.91 Å². The third kappa shape index (κ3) is 3.83. The van der Waals surface area contributed by atoms with E-state index in [1.54, 1.807) is 6.92 Å². The quantitative estimate of drug-likeness (QED) is 0.872. The summed E-state index contributed by atoms with van der Waals surface area (Å²) in [6.45, 7) is 3.45. The van der Waals surface area contributed by atoms with E-state index < -0.39 is 17.8 Å². The standard InChI is InChI=1S/C12H15F3N6O/c1-7(4-16-11(22)10-17-6-18-19-10)5-21-9(12(13,14)15)3-8(2)20-21/h3,6-7H,4-5H2,1-2H3,(H,16,22)(H,17,18,19)/t7-/m0/s1. The predicted molar refractivity (Wildman–Crippen MR) is 69.8 cm³/mol. The lowest BCUT2D eigenvalue weighted by molar-refractivity contribution is -0.144. The minimum atomic E-state index is -4.45. The van der Waals surface area contributed by atoms with E-state index in [1.807, 2.05) is 0 Å². The number of aromatic nitrogens is 5. The highest BCUT2D eigenvalue weighted by molar-refractivity contribution is 5.90. The summed E-state index contributed by atoms with van der Waals surface area (Å²) in [6.07, 6.45) is -3.26. The van der Waals surface area contributed by atoms with Crippen LogP contribution >= 0.6 is 0 Å². The molecule has 7 nitrogen and oxygen atoms in total. The van der Waals surface area contributed by atoms with Crippen LogP contribution in [0.5, 0.6) is 0 Å². The molecule has 0 aliphatic rings. The Morgan fingerprint density at radius 1 is 1.50 bits per heavy atom. The van der Waals surface area contributed by atoms with Gasteiger partial charge >= 0.3 is 6.18 Å². The van der Waals surface area contributed by atoms with Gasteiger partial charge in [-0.25, -0.2) is 4.98 Å². The van der Waals surface area contributed by atoms with E-state index in [0.29, 0.717) is 5.69 Å². The van der Waals surface area contributed by atoms with Gasteiger partial charge in [0.2, 0.25) is 5.82 Å². The van der Waals surface area contributed by atoms with Gasteiger partial charge in [-0.15, -0.1) is 0 Å². The number of carbonyl (C=O) groups excluding carboxylic acids is 1. The fraction of sp³-hybridized carbons (Fsp3) is 0.500. The molecule has 2 rings (SSSR count). The van der Waals surface area contributed by atoms with Crippen LogP contribution in [0.1, 0.15) is 28.9 Å². The highest BCUT2D eigenvalue weighted by Crippen LogP contribution is 2.30. The second kappa shape index (κ2) is 6.16. The number of rotatable bonds is 5. The van der Waals surface area contributed by atoms with E-state index >= 15 is 0 Å². The third-order valence-electron chi connectivity index (χ3n) is 2.92. The number of nitrogens with one attached hydrogen (secondary N) is 2. The molecule has 1 amide bonds. The van der Waals surface area contributed by atoms with Crippen molar-refractivity contribution in [2.24, 2.45) is 5.92 Å². The Bertz CT molecular complexity index is 634. The van der Waals surface area contributed by atoms with Crippen LogP contribution in [-0.4, -0.2) is 37.4 Å². The molecule has 0 saturated heterocycles. The lowest BCUT2D eigenvalue weighted by Gasteiger charge is -2.15. The molecule has 2 aromatic rings. The zero-order valence-electron chi connectivity index (χ0n) is 12.0. The van der Waals surface area contributed by atoms with Gasteiger partial charge in [-0.1, -0.05) is 6.92 Å². The number of halogens is 3. The molecule has 2 N–H and O–H groups in total. The molecule has 2 aromatic heterocycles. The van der Waals surface area contributed by atoms with Crippen molar-refractivity contribution in [2.75, 3.05) is 6.54 Å². The van der Waals surface area contributed by atoms with Crippen LogP contribution in [0.25, 0.3) is 0 Å². The SMILES string of the molecule is Cc1cc(C(F)(F)F)n(C[C@@H](C)CNC(=O)c2ncn[nH]2)n1. The van der Waals surface area contributed by atoms with Crippen molar-refractivity contribution >= 4 is 5.91 Å². The van der Waals surface area contributed by atoms with E-state index in [0.717, 1.165) is 10.7 Å². The van der Waals surface area contributed by atoms with Gasteiger partial charge < -0.3 is 5.32 Å². The van der Waals surface area contributed by atoms with Gasteiger partial charge in [-0.3, -0.25) is 14.6 Å². The van der Waals surface area contributed by atoms with E-state index in [1.165, 1.54) is 13.3 Å². The molecule has 0 spiro atoms. The molecule has 0 fully saturated rings. The Hall–Kier alpha value is -2.39. The van der Waals surface area contributed by atoms with E-state index in [-0.39, 0.29) is 24.8 Å². The van der Waals surface area contributed by atoms with Crippen LogP contribution < -0.4 is 5.32 Å². The smallest absolute Gasteiger partial charge is 0.349 e. The molecular weight excluding hydrogens is 301 g/mol. The average molecular weight is 316 g/mol. The molecule has 0 saturated carbocycles. The molecule has 1 atom stereocenters. The Labute approximate surface area is 123 Å². The zero-order chi connectivity index (χ0) is 16.3. The highest BCUT2D eigenvalue weighted by atomic mass is 19.4. The molecule has 10 heteroatoms. The number of hydrogen-bond acceptors (Lipinski definition) is 4. The van der Waals surface area contributed by atoms with Crippen LogP contribution in [-0.2, 0) is 12.7 Å². The summed E-state index contributed by atoms with van der Waals surface area (Å²) in [5.41, 5.74) is -0.497. The minimum Gasteiger partial charge on any atom is -0.349 e. The number of carbonyl (C=O) groups is 1. The van der Waals surface area contributed by atoms with Gasteiger partial charge in [-0.2, -0.15) is 23.4 Å².